The molecule has 2 N–H and O–H groups in total. The molecule has 1 heterocycles. The van der Waals surface area contributed by atoms with Crippen molar-refractivity contribution in [1.29, 1.82) is 0 Å². The summed E-state index contributed by atoms with van der Waals surface area (Å²) in [5.41, 5.74) is -4.32. The van der Waals surface area contributed by atoms with E-state index in [0.29, 0.717) is 19.4 Å². The minimum Gasteiger partial charge on any atom is -0.480 e. The first-order valence-corrected chi connectivity index (χ1v) is 6.28. The van der Waals surface area contributed by atoms with Crippen molar-refractivity contribution in [2.75, 3.05) is 18.8 Å². The molecule has 0 unspecified atom stereocenters. The highest BCUT2D eigenvalue weighted by molar-refractivity contribution is 8.00. The SMILES string of the molecule is O=C(O)[C@@H]1CCCN1C(=O)NCCSC(F)(F)F. The van der Waals surface area contributed by atoms with Crippen LogP contribution in [0.1, 0.15) is 12.8 Å². The number of rotatable bonds is 4. The summed E-state index contributed by atoms with van der Waals surface area (Å²) in [7, 11) is 0. The molecule has 104 valence electrons. The van der Waals surface area contributed by atoms with Gasteiger partial charge in [-0.05, 0) is 24.6 Å². The summed E-state index contributed by atoms with van der Waals surface area (Å²) in [5, 5.41) is 11.1. The Morgan fingerprint density at radius 2 is 2.11 bits per heavy atom. The fourth-order valence-electron chi connectivity index (χ4n) is 1.69. The zero-order valence-corrected chi connectivity index (χ0v) is 10.2. The number of amides is 2. The Labute approximate surface area is 106 Å². The van der Waals surface area contributed by atoms with Gasteiger partial charge in [0.2, 0.25) is 0 Å². The highest BCUT2D eigenvalue weighted by atomic mass is 32.2. The molecule has 0 aromatic carbocycles. The summed E-state index contributed by atoms with van der Waals surface area (Å²) in [6.07, 6.45) is 0.960. The third kappa shape index (κ3) is 4.63. The molecule has 9 heteroatoms. The smallest absolute Gasteiger partial charge is 0.441 e. The average molecular weight is 286 g/mol. The Kier molecular flexibility index (Phi) is 5.12. The topological polar surface area (TPSA) is 69.6 Å². The number of urea groups is 1. The minimum absolute atomic E-state index is 0.147. The van der Waals surface area contributed by atoms with Crippen molar-refractivity contribution in [2.24, 2.45) is 0 Å². The molecule has 1 aliphatic rings. The van der Waals surface area contributed by atoms with Gasteiger partial charge in [-0.15, -0.1) is 0 Å². The Hall–Kier alpha value is -1.12. The van der Waals surface area contributed by atoms with E-state index in [1.54, 1.807) is 0 Å². The van der Waals surface area contributed by atoms with Crippen molar-refractivity contribution < 1.29 is 27.9 Å². The maximum absolute atomic E-state index is 11.8. The molecule has 0 radical (unpaired) electrons. The maximum Gasteiger partial charge on any atom is 0.441 e. The molecule has 1 rings (SSSR count). The number of likely N-dealkylation sites (tertiary alicyclic amines) is 1. The van der Waals surface area contributed by atoms with Gasteiger partial charge in [0.1, 0.15) is 6.04 Å². The number of hydrogen-bond acceptors (Lipinski definition) is 3. The summed E-state index contributed by atoms with van der Waals surface area (Å²) in [5.74, 6) is -1.38. The molecule has 0 bridgehead atoms. The highest BCUT2D eigenvalue weighted by Gasteiger charge is 2.34. The van der Waals surface area contributed by atoms with Crippen LogP contribution in [-0.4, -0.2) is 52.4 Å². The van der Waals surface area contributed by atoms with E-state index in [9.17, 15) is 22.8 Å². The first-order valence-electron chi connectivity index (χ1n) is 5.29. The van der Waals surface area contributed by atoms with Gasteiger partial charge < -0.3 is 15.3 Å². The first kappa shape index (κ1) is 14.9. The molecule has 0 aromatic rings. The fourth-order valence-corrected chi connectivity index (χ4v) is 2.13. The number of carbonyl (C=O) groups excluding carboxylic acids is 1. The van der Waals surface area contributed by atoms with Crippen LogP contribution in [-0.2, 0) is 4.79 Å². The second-order valence-corrected chi connectivity index (χ2v) is 4.88. The van der Waals surface area contributed by atoms with Crippen LogP contribution in [0.5, 0.6) is 0 Å². The van der Waals surface area contributed by atoms with Crippen LogP contribution >= 0.6 is 11.8 Å². The largest absolute Gasteiger partial charge is 0.480 e. The van der Waals surface area contributed by atoms with Gasteiger partial charge in [-0.2, -0.15) is 13.2 Å². The number of carbonyl (C=O) groups is 2. The molecule has 5 nitrogen and oxygen atoms in total. The Morgan fingerprint density at radius 1 is 1.44 bits per heavy atom. The minimum atomic E-state index is -4.32. The monoisotopic (exact) mass is 286 g/mol. The van der Waals surface area contributed by atoms with Crippen LogP contribution in [0.4, 0.5) is 18.0 Å². The second kappa shape index (κ2) is 6.17. The van der Waals surface area contributed by atoms with Gasteiger partial charge >= 0.3 is 17.5 Å². The fraction of sp³-hybridized carbons (Fsp3) is 0.778. The van der Waals surface area contributed by atoms with Gasteiger partial charge in [0.05, 0.1) is 0 Å². The Morgan fingerprint density at radius 3 is 2.67 bits per heavy atom. The van der Waals surface area contributed by atoms with E-state index in [0.717, 1.165) is 4.90 Å². The molecule has 1 saturated heterocycles. The first-order chi connectivity index (χ1) is 8.31. The van der Waals surface area contributed by atoms with E-state index in [1.165, 1.54) is 0 Å². The van der Waals surface area contributed by atoms with Crippen LogP contribution in [0.2, 0.25) is 0 Å². The summed E-state index contributed by atoms with van der Waals surface area (Å²) in [6.45, 7) is 0.168. The standard InChI is InChI=1S/C9H13F3N2O3S/c10-9(11,12)18-5-3-13-8(17)14-4-1-2-6(14)7(15)16/h6H,1-5H2,(H,13,17)(H,15,16)/t6-/m0/s1. The summed E-state index contributed by atoms with van der Waals surface area (Å²) in [6, 6.07) is -1.50. The van der Waals surface area contributed by atoms with E-state index in [4.69, 9.17) is 5.11 Å². The number of nitrogens with zero attached hydrogens (tertiary/aromatic N) is 1. The van der Waals surface area contributed by atoms with E-state index in [2.05, 4.69) is 5.32 Å². The number of alkyl halides is 3. The number of hydrogen-bond donors (Lipinski definition) is 2. The number of nitrogens with one attached hydrogen (secondary N) is 1. The van der Waals surface area contributed by atoms with Gasteiger partial charge in [-0.25, -0.2) is 9.59 Å². The maximum atomic E-state index is 11.8. The third-order valence-corrected chi connectivity index (χ3v) is 3.18. The lowest BCUT2D eigenvalue weighted by atomic mass is 10.2. The number of aliphatic carboxylic acids is 1. The third-order valence-electron chi connectivity index (χ3n) is 2.44. The Bertz CT molecular complexity index is 325. The average Bonchev–Trinajstić information content (AvgIpc) is 2.71. The van der Waals surface area contributed by atoms with Crippen LogP contribution in [0, 0.1) is 0 Å². The van der Waals surface area contributed by atoms with E-state index >= 15 is 0 Å². The van der Waals surface area contributed by atoms with Gasteiger partial charge in [0.15, 0.2) is 0 Å². The predicted molar refractivity (Wildman–Crippen MR) is 59.3 cm³/mol. The van der Waals surface area contributed by atoms with E-state index in [1.807, 2.05) is 0 Å². The van der Waals surface area contributed by atoms with Crippen LogP contribution in [0.3, 0.4) is 0 Å². The van der Waals surface area contributed by atoms with Crippen molar-refractivity contribution in [1.82, 2.24) is 10.2 Å². The normalized spacial score (nSPS) is 19.9. The van der Waals surface area contributed by atoms with Crippen molar-refractivity contribution >= 4 is 23.8 Å². The van der Waals surface area contributed by atoms with Crippen molar-refractivity contribution in [3.8, 4) is 0 Å². The van der Waals surface area contributed by atoms with E-state index < -0.39 is 23.6 Å². The Balaban J connectivity index is 2.30. The molecule has 0 aromatic heterocycles. The van der Waals surface area contributed by atoms with Gasteiger partial charge in [0.25, 0.3) is 0 Å². The molecule has 0 spiro atoms. The quantitative estimate of drug-likeness (QED) is 0.768. The van der Waals surface area contributed by atoms with Gasteiger partial charge in [-0.1, -0.05) is 0 Å². The molecular formula is C9H13F3N2O3S. The molecule has 18 heavy (non-hydrogen) atoms. The van der Waals surface area contributed by atoms with E-state index in [-0.39, 0.29) is 24.1 Å². The second-order valence-electron chi connectivity index (χ2n) is 3.72. The number of halogens is 3. The summed E-state index contributed by atoms with van der Waals surface area (Å²) < 4.78 is 35.4. The molecule has 1 fully saturated rings. The molecular weight excluding hydrogens is 273 g/mol. The lowest BCUT2D eigenvalue weighted by Crippen LogP contribution is -2.46. The number of carboxylic acid groups (broad SMARTS) is 1. The molecule has 0 saturated carbocycles. The zero-order valence-electron chi connectivity index (χ0n) is 9.37. The number of thioether (sulfide) groups is 1. The molecule has 0 aliphatic carbocycles. The van der Waals surface area contributed by atoms with Crippen LogP contribution < -0.4 is 5.32 Å². The summed E-state index contributed by atoms with van der Waals surface area (Å²) in [4.78, 5) is 23.5. The van der Waals surface area contributed by atoms with Crippen LogP contribution in [0.15, 0.2) is 0 Å². The summed E-state index contributed by atoms with van der Waals surface area (Å²) >= 11 is -0.224. The van der Waals surface area contributed by atoms with Crippen molar-refractivity contribution in [3.63, 3.8) is 0 Å². The van der Waals surface area contributed by atoms with Crippen molar-refractivity contribution in [3.05, 3.63) is 0 Å². The van der Waals surface area contributed by atoms with Crippen LogP contribution in [0.25, 0.3) is 0 Å². The lowest BCUT2D eigenvalue weighted by Gasteiger charge is -2.21. The molecule has 1 aliphatic heterocycles. The number of carboxylic acids is 1. The highest BCUT2D eigenvalue weighted by Crippen LogP contribution is 2.29. The van der Waals surface area contributed by atoms with Gasteiger partial charge in [-0.3, -0.25) is 0 Å². The molecule has 1 atom stereocenters. The predicted octanol–water partition coefficient (Wildman–Crippen LogP) is 1.50. The lowest BCUT2D eigenvalue weighted by molar-refractivity contribution is -0.141. The van der Waals surface area contributed by atoms with Gasteiger partial charge in [0, 0.05) is 18.8 Å². The van der Waals surface area contributed by atoms with Crippen molar-refractivity contribution in [2.45, 2.75) is 24.4 Å². The zero-order chi connectivity index (χ0) is 13.8. The molecule has 2 amide bonds.